The van der Waals surface area contributed by atoms with E-state index < -0.39 is 0 Å². The second-order valence-electron chi connectivity index (χ2n) is 8.27. The quantitative estimate of drug-likeness (QED) is 0.548. The Bertz CT molecular complexity index is 730. The highest BCUT2D eigenvalue weighted by molar-refractivity contribution is 5.80. The third-order valence-corrected chi connectivity index (χ3v) is 5.49. The molecule has 120 valence electrons. The Kier molecular flexibility index (Phi) is 3.96. The fourth-order valence-electron chi connectivity index (χ4n) is 3.73. The van der Waals surface area contributed by atoms with Crippen LogP contribution in [0.2, 0.25) is 0 Å². The molecule has 23 heavy (non-hydrogen) atoms. The lowest BCUT2D eigenvalue weighted by Crippen LogP contribution is -2.33. The molecule has 0 heteroatoms. The molecule has 0 nitrogen and oxygen atoms in total. The van der Waals surface area contributed by atoms with Crippen molar-refractivity contribution in [1.82, 2.24) is 0 Å². The zero-order valence-electron chi connectivity index (χ0n) is 15.1. The Hall–Kier alpha value is -1.82. The highest BCUT2D eigenvalue weighted by Gasteiger charge is 2.36. The van der Waals surface area contributed by atoms with Gasteiger partial charge in [0.2, 0.25) is 0 Å². The van der Waals surface area contributed by atoms with E-state index >= 15 is 0 Å². The zero-order chi connectivity index (χ0) is 16.7. The van der Waals surface area contributed by atoms with Crippen LogP contribution in [0, 0.1) is 0 Å². The van der Waals surface area contributed by atoms with Crippen molar-refractivity contribution < 1.29 is 0 Å². The van der Waals surface area contributed by atoms with Gasteiger partial charge in [-0.05, 0) is 58.4 Å². The van der Waals surface area contributed by atoms with Gasteiger partial charge in [0.1, 0.15) is 0 Å². The van der Waals surface area contributed by atoms with Crippen molar-refractivity contribution in [2.45, 2.75) is 58.3 Å². The maximum Gasteiger partial charge on any atom is -0.0100 e. The van der Waals surface area contributed by atoms with Gasteiger partial charge in [0, 0.05) is 0 Å². The average Bonchev–Trinajstić information content (AvgIpc) is 2.53. The molecule has 1 aliphatic carbocycles. The summed E-state index contributed by atoms with van der Waals surface area (Å²) in [4.78, 5) is 0. The van der Waals surface area contributed by atoms with E-state index in [0.29, 0.717) is 5.41 Å². The van der Waals surface area contributed by atoms with E-state index in [9.17, 15) is 0 Å². The number of hydrogen-bond donors (Lipinski definition) is 0. The molecule has 0 spiro atoms. The minimum absolute atomic E-state index is 0.273. The highest BCUT2D eigenvalue weighted by atomic mass is 14.4. The summed E-state index contributed by atoms with van der Waals surface area (Å²) in [5.41, 5.74) is 7.56. The van der Waals surface area contributed by atoms with Crippen LogP contribution in [0.1, 0.15) is 69.7 Å². The van der Waals surface area contributed by atoms with Crippen molar-refractivity contribution in [3.05, 3.63) is 70.8 Å². The first kappa shape index (κ1) is 16.1. The number of fused-ring (bicyclic) bond motifs is 1. The van der Waals surface area contributed by atoms with Crippen LogP contribution < -0.4 is 0 Å². The number of benzene rings is 2. The summed E-state index contributed by atoms with van der Waals surface area (Å²) >= 11 is 0. The van der Waals surface area contributed by atoms with Crippen LogP contribution in [-0.2, 0) is 10.8 Å². The molecule has 0 fully saturated rings. The van der Waals surface area contributed by atoms with Crippen molar-refractivity contribution in [3.8, 4) is 0 Å². The normalized spacial score (nSPS) is 19.3. The Morgan fingerprint density at radius 3 is 2.09 bits per heavy atom. The first-order chi connectivity index (χ1) is 10.8. The second-order valence-corrected chi connectivity index (χ2v) is 8.27. The Labute approximate surface area is 141 Å². The van der Waals surface area contributed by atoms with Gasteiger partial charge in [0.15, 0.2) is 0 Å². The van der Waals surface area contributed by atoms with Gasteiger partial charge in [-0.2, -0.15) is 0 Å². The molecule has 0 amide bonds. The highest BCUT2D eigenvalue weighted by Crippen LogP contribution is 2.46. The summed E-state index contributed by atoms with van der Waals surface area (Å²) in [5, 5.41) is 0. The van der Waals surface area contributed by atoms with Crippen LogP contribution >= 0.6 is 0 Å². The molecule has 0 aromatic heterocycles. The van der Waals surface area contributed by atoms with Gasteiger partial charge >= 0.3 is 0 Å². The van der Waals surface area contributed by atoms with Gasteiger partial charge in [-0.25, -0.2) is 0 Å². The fraction of sp³-hybridized carbons (Fsp3) is 0.391. The number of rotatable bonds is 2. The SMILES string of the molecule is CC(=Cc1ccc2c(c1)C(C)(C)CCC2(C)C)c1ccccc1. The fourth-order valence-corrected chi connectivity index (χ4v) is 3.73. The smallest absolute Gasteiger partial charge is 0.0100 e. The molecule has 0 heterocycles. The topological polar surface area (TPSA) is 0 Å². The molecule has 0 aliphatic heterocycles. The predicted molar refractivity (Wildman–Crippen MR) is 102 cm³/mol. The van der Waals surface area contributed by atoms with Crippen LogP contribution in [-0.4, -0.2) is 0 Å². The molecular weight excluding hydrogens is 276 g/mol. The maximum absolute atomic E-state index is 2.42. The Morgan fingerprint density at radius 2 is 1.43 bits per heavy atom. The lowest BCUT2D eigenvalue weighted by atomic mass is 9.63. The predicted octanol–water partition coefficient (Wildman–Crippen LogP) is 6.60. The molecule has 0 saturated carbocycles. The first-order valence-corrected chi connectivity index (χ1v) is 8.68. The van der Waals surface area contributed by atoms with E-state index in [-0.39, 0.29) is 5.41 Å². The average molecular weight is 304 g/mol. The van der Waals surface area contributed by atoms with Gasteiger partial charge in [0.25, 0.3) is 0 Å². The number of hydrogen-bond acceptors (Lipinski definition) is 0. The first-order valence-electron chi connectivity index (χ1n) is 8.68. The van der Waals surface area contributed by atoms with Crippen LogP contribution in [0.4, 0.5) is 0 Å². The lowest BCUT2D eigenvalue weighted by Gasteiger charge is -2.42. The Morgan fingerprint density at radius 1 is 0.826 bits per heavy atom. The van der Waals surface area contributed by atoms with Crippen molar-refractivity contribution in [1.29, 1.82) is 0 Å². The van der Waals surface area contributed by atoms with E-state index in [1.165, 1.54) is 40.7 Å². The van der Waals surface area contributed by atoms with E-state index in [1.54, 1.807) is 0 Å². The third kappa shape index (κ3) is 3.13. The lowest BCUT2D eigenvalue weighted by molar-refractivity contribution is 0.332. The molecule has 0 bridgehead atoms. The van der Waals surface area contributed by atoms with Crippen LogP contribution in [0.5, 0.6) is 0 Å². The van der Waals surface area contributed by atoms with Gasteiger partial charge in [-0.15, -0.1) is 0 Å². The molecule has 1 aliphatic rings. The monoisotopic (exact) mass is 304 g/mol. The largest absolute Gasteiger partial charge is 0.0622 e. The molecular formula is C23H28. The van der Waals surface area contributed by atoms with E-state index in [4.69, 9.17) is 0 Å². The molecule has 0 unspecified atom stereocenters. The van der Waals surface area contributed by atoms with Gasteiger partial charge in [-0.3, -0.25) is 0 Å². The second kappa shape index (κ2) is 5.67. The van der Waals surface area contributed by atoms with Crippen molar-refractivity contribution in [2.24, 2.45) is 0 Å². The zero-order valence-corrected chi connectivity index (χ0v) is 15.1. The Balaban J connectivity index is 2.04. The molecule has 2 aromatic carbocycles. The molecule has 0 saturated heterocycles. The summed E-state index contributed by atoms with van der Waals surface area (Å²) < 4.78 is 0. The summed E-state index contributed by atoms with van der Waals surface area (Å²) in [6.07, 6.45) is 4.84. The van der Waals surface area contributed by atoms with Crippen molar-refractivity contribution >= 4 is 11.6 Å². The summed E-state index contributed by atoms with van der Waals surface area (Å²) in [6, 6.07) is 17.7. The minimum atomic E-state index is 0.273. The summed E-state index contributed by atoms with van der Waals surface area (Å²) in [7, 11) is 0. The third-order valence-electron chi connectivity index (χ3n) is 5.49. The van der Waals surface area contributed by atoms with Crippen LogP contribution in [0.3, 0.4) is 0 Å². The van der Waals surface area contributed by atoms with Gasteiger partial charge < -0.3 is 0 Å². The summed E-state index contributed by atoms with van der Waals surface area (Å²) in [6.45, 7) is 11.7. The standard InChI is InChI=1S/C23H28/c1-17(19-9-7-6-8-10-19)15-18-11-12-20-21(16-18)23(4,5)14-13-22(20,2)3/h6-12,15-16H,13-14H2,1-5H3. The summed E-state index contributed by atoms with van der Waals surface area (Å²) in [5.74, 6) is 0. The maximum atomic E-state index is 2.42. The van der Waals surface area contributed by atoms with Crippen molar-refractivity contribution in [3.63, 3.8) is 0 Å². The van der Waals surface area contributed by atoms with Crippen molar-refractivity contribution in [2.75, 3.05) is 0 Å². The molecule has 0 atom stereocenters. The molecule has 0 radical (unpaired) electrons. The van der Waals surface area contributed by atoms with Gasteiger partial charge in [-0.1, -0.05) is 82.3 Å². The van der Waals surface area contributed by atoms with E-state index in [1.807, 2.05) is 0 Å². The van der Waals surface area contributed by atoms with E-state index in [2.05, 4.69) is 89.2 Å². The number of allylic oxidation sites excluding steroid dienone is 1. The van der Waals surface area contributed by atoms with E-state index in [0.717, 1.165) is 0 Å². The van der Waals surface area contributed by atoms with Gasteiger partial charge in [0.05, 0.1) is 0 Å². The molecule has 0 N–H and O–H groups in total. The molecule has 2 aromatic rings. The van der Waals surface area contributed by atoms with Crippen LogP contribution in [0.25, 0.3) is 11.6 Å². The minimum Gasteiger partial charge on any atom is -0.0622 e. The van der Waals surface area contributed by atoms with Crippen LogP contribution in [0.15, 0.2) is 48.5 Å². The molecule has 3 rings (SSSR count).